The average Bonchev–Trinajstić information content (AvgIpc) is 2.40. The molecule has 0 amide bonds. The van der Waals surface area contributed by atoms with E-state index in [9.17, 15) is 0 Å². The highest BCUT2D eigenvalue weighted by atomic mass is 35.5. The van der Waals surface area contributed by atoms with Gasteiger partial charge in [-0.05, 0) is 44.5 Å². The van der Waals surface area contributed by atoms with Crippen molar-refractivity contribution in [2.45, 2.75) is 38.1 Å². The van der Waals surface area contributed by atoms with Crippen LogP contribution in [-0.4, -0.2) is 46.3 Å². The smallest absolute Gasteiger partial charge is 0.245 e. The van der Waals surface area contributed by atoms with E-state index in [-0.39, 0.29) is 16.0 Å². The Morgan fingerprint density at radius 2 is 2.10 bits per heavy atom. The fourth-order valence-electron chi connectivity index (χ4n) is 3.01. The molecule has 0 aromatic carbocycles. The second-order valence-corrected chi connectivity index (χ2v) is 6.59. The van der Waals surface area contributed by atoms with Crippen molar-refractivity contribution in [3.05, 3.63) is 10.4 Å². The molecule has 1 aromatic heterocycles. The van der Waals surface area contributed by atoms with Gasteiger partial charge in [-0.15, -0.1) is 10.2 Å². The zero-order chi connectivity index (χ0) is 14.8. The summed E-state index contributed by atoms with van der Waals surface area (Å²) in [5.74, 6) is 1.24. The third kappa shape index (κ3) is 3.51. The van der Waals surface area contributed by atoms with Crippen LogP contribution in [-0.2, 0) is 0 Å². The number of hydrogen-bond acceptors (Lipinski definition) is 5. The minimum absolute atomic E-state index is 0.104. The van der Waals surface area contributed by atoms with Crippen LogP contribution in [0.5, 0.6) is 0 Å². The molecule has 2 unspecified atom stereocenters. The highest BCUT2D eigenvalue weighted by Gasteiger charge is 2.37. The topological polar surface area (TPSA) is 53.9 Å². The third-order valence-electron chi connectivity index (χ3n) is 4.22. The van der Waals surface area contributed by atoms with Gasteiger partial charge >= 0.3 is 0 Å². The molecule has 5 nitrogen and oxygen atoms in total. The molecule has 1 fully saturated rings. The van der Waals surface area contributed by atoms with Gasteiger partial charge in [0.1, 0.15) is 0 Å². The molecule has 0 aliphatic heterocycles. The Hall–Kier alpha value is -0.650. The van der Waals surface area contributed by atoms with Gasteiger partial charge in [0.15, 0.2) is 11.0 Å². The molecule has 0 saturated heterocycles. The van der Waals surface area contributed by atoms with Crippen LogP contribution in [0.25, 0.3) is 0 Å². The first-order valence-corrected chi connectivity index (χ1v) is 7.65. The second kappa shape index (κ2) is 6.41. The van der Waals surface area contributed by atoms with E-state index in [1.807, 2.05) is 0 Å². The first kappa shape index (κ1) is 15.7. The predicted molar refractivity (Wildman–Crippen MR) is 82.4 cm³/mol. The zero-order valence-corrected chi connectivity index (χ0v) is 13.7. The minimum atomic E-state index is 0.104. The number of likely N-dealkylation sites (N-methyl/N-ethyl adjacent to an activating group) is 1. The van der Waals surface area contributed by atoms with Gasteiger partial charge in [-0.1, -0.05) is 31.4 Å². The first-order valence-electron chi connectivity index (χ1n) is 6.90. The van der Waals surface area contributed by atoms with E-state index >= 15 is 0 Å². The van der Waals surface area contributed by atoms with Crippen LogP contribution in [0.4, 0.5) is 5.82 Å². The van der Waals surface area contributed by atoms with Gasteiger partial charge in [-0.25, -0.2) is 0 Å². The molecule has 2 atom stereocenters. The van der Waals surface area contributed by atoms with E-state index in [4.69, 9.17) is 23.2 Å². The molecule has 1 aromatic rings. The summed E-state index contributed by atoms with van der Waals surface area (Å²) >= 11 is 11.8. The van der Waals surface area contributed by atoms with Crippen molar-refractivity contribution in [1.82, 2.24) is 20.1 Å². The highest BCUT2D eigenvalue weighted by Crippen LogP contribution is 2.36. The molecular formula is C13H21Cl2N5. The minimum Gasteiger partial charge on any atom is -0.365 e. The summed E-state index contributed by atoms with van der Waals surface area (Å²) in [5.41, 5.74) is 0.123. The van der Waals surface area contributed by atoms with Crippen molar-refractivity contribution in [3.63, 3.8) is 0 Å². The summed E-state index contributed by atoms with van der Waals surface area (Å²) in [6, 6.07) is 0. The van der Waals surface area contributed by atoms with Crippen LogP contribution in [0.1, 0.15) is 32.6 Å². The Labute approximate surface area is 130 Å². The van der Waals surface area contributed by atoms with E-state index in [1.165, 1.54) is 19.3 Å². The molecule has 112 valence electrons. The summed E-state index contributed by atoms with van der Waals surface area (Å²) < 4.78 is 0. The molecule has 1 saturated carbocycles. The van der Waals surface area contributed by atoms with Crippen LogP contribution in [0.3, 0.4) is 0 Å². The van der Waals surface area contributed by atoms with Gasteiger partial charge in [-0.3, -0.25) is 0 Å². The lowest BCUT2D eigenvalue weighted by Gasteiger charge is -2.45. The lowest BCUT2D eigenvalue weighted by atomic mass is 9.75. The van der Waals surface area contributed by atoms with Gasteiger partial charge in [0.05, 0.1) is 0 Å². The fourth-order valence-corrected chi connectivity index (χ4v) is 3.28. The van der Waals surface area contributed by atoms with Crippen molar-refractivity contribution < 1.29 is 0 Å². The standard InChI is InChI=1S/C13H21Cl2N5/c1-9-5-4-6-13(7-9,20(2)3)8-16-11-10(14)18-19-12(15)17-11/h9H,4-8H2,1-3H3,(H,16,17,19). The molecule has 20 heavy (non-hydrogen) atoms. The van der Waals surface area contributed by atoms with Gasteiger partial charge in [0, 0.05) is 12.1 Å². The predicted octanol–water partition coefficient (Wildman–Crippen LogP) is 3.10. The van der Waals surface area contributed by atoms with E-state index in [1.54, 1.807) is 0 Å². The van der Waals surface area contributed by atoms with Gasteiger partial charge < -0.3 is 10.2 Å². The molecule has 0 spiro atoms. The number of aromatic nitrogens is 3. The van der Waals surface area contributed by atoms with Crippen molar-refractivity contribution in [2.24, 2.45) is 5.92 Å². The molecule has 0 radical (unpaired) electrons. The lowest BCUT2D eigenvalue weighted by molar-refractivity contribution is 0.0881. The summed E-state index contributed by atoms with van der Waals surface area (Å²) in [6.45, 7) is 3.09. The molecule has 1 aliphatic rings. The van der Waals surface area contributed by atoms with Crippen LogP contribution >= 0.6 is 23.2 Å². The number of hydrogen-bond donors (Lipinski definition) is 1. The Bertz CT molecular complexity index is 468. The zero-order valence-electron chi connectivity index (χ0n) is 12.2. The van der Waals surface area contributed by atoms with Crippen LogP contribution in [0.15, 0.2) is 0 Å². The summed E-state index contributed by atoms with van der Waals surface area (Å²) in [6.07, 6.45) is 4.88. The summed E-state index contributed by atoms with van der Waals surface area (Å²) in [7, 11) is 4.26. The molecule has 7 heteroatoms. The van der Waals surface area contributed by atoms with Crippen LogP contribution in [0, 0.1) is 5.92 Å². The third-order valence-corrected chi connectivity index (χ3v) is 4.64. The Kier molecular flexibility index (Phi) is 5.04. The number of nitrogens with one attached hydrogen (secondary N) is 1. The van der Waals surface area contributed by atoms with Crippen molar-refractivity contribution in [2.75, 3.05) is 26.0 Å². The average molecular weight is 318 g/mol. The first-order chi connectivity index (χ1) is 9.43. The van der Waals surface area contributed by atoms with E-state index in [2.05, 4.69) is 46.4 Å². The molecular weight excluding hydrogens is 297 g/mol. The maximum absolute atomic E-state index is 6.00. The van der Waals surface area contributed by atoms with Crippen molar-refractivity contribution >= 4 is 29.0 Å². The lowest BCUT2D eigenvalue weighted by Crippen LogP contribution is -2.52. The van der Waals surface area contributed by atoms with Gasteiger partial charge in [-0.2, -0.15) is 4.98 Å². The Morgan fingerprint density at radius 1 is 1.35 bits per heavy atom. The fraction of sp³-hybridized carbons (Fsp3) is 0.769. The van der Waals surface area contributed by atoms with E-state index in [0.717, 1.165) is 18.9 Å². The molecule has 0 bridgehead atoms. The molecule has 2 rings (SSSR count). The van der Waals surface area contributed by atoms with Gasteiger partial charge in [0.25, 0.3) is 0 Å². The maximum atomic E-state index is 6.00. The maximum Gasteiger partial charge on any atom is 0.245 e. The number of nitrogens with zero attached hydrogens (tertiary/aromatic N) is 4. The Balaban J connectivity index is 2.11. The monoisotopic (exact) mass is 317 g/mol. The Morgan fingerprint density at radius 3 is 2.75 bits per heavy atom. The van der Waals surface area contributed by atoms with Gasteiger partial charge in [0.2, 0.25) is 5.28 Å². The van der Waals surface area contributed by atoms with E-state index < -0.39 is 0 Å². The second-order valence-electron chi connectivity index (χ2n) is 5.89. The highest BCUT2D eigenvalue weighted by molar-refractivity contribution is 6.32. The quantitative estimate of drug-likeness (QED) is 0.924. The SMILES string of the molecule is CC1CCCC(CNc2nc(Cl)nnc2Cl)(N(C)C)C1. The molecule has 1 N–H and O–H groups in total. The van der Waals surface area contributed by atoms with Crippen LogP contribution < -0.4 is 5.32 Å². The largest absolute Gasteiger partial charge is 0.365 e. The number of halogens is 2. The van der Waals surface area contributed by atoms with Crippen LogP contribution in [0.2, 0.25) is 10.4 Å². The number of rotatable bonds is 4. The normalized spacial score (nSPS) is 26.8. The molecule has 1 aliphatic carbocycles. The number of anilines is 1. The van der Waals surface area contributed by atoms with Crippen molar-refractivity contribution in [1.29, 1.82) is 0 Å². The van der Waals surface area contributed by atoms with E-state index in [0.29, 0.717) is 5.82 Å². The van der Waals surface area contributed by atoms with Crippen molar-refractivity contribution in [3.8, 4) is 0 Å². The summed E-state index contributed by atoms with van der Waals surface area (Å²) in [5, 5.41) is 11.0. The summed E-state index contributed by atoms with van der Waals surface area (Å²) in [4.78, 5) is 6.40. The molecule has 1 heterocycles.